The number of nitrogens with zero attached hydrogens (tertiary/aromatic N) is 9. The monoisotopic (exact) mass is 920 g/mol. The van der Waals surface area contributed by atoms with E-state index in [1.54, 1.807) is 11.6 Å². The Hall–Kier alpha value is -6.16. The van der Waals surface area contributed by atoms with Gasteiger partial charge in [-0.3, -0.25) is 43.5 Å². The number of nitrogens with one attached hydrogen (secondary N) is 2. The third-order valence-electron chi connectivity index (χ3n) is 15.8. The summed E-state index contributed by atoms with van der Waals surface area (Å²) in [4.78, 5) is 70.5. The van der Waals surface area contributed by atoms with E-state index in [2.05, 4.69) is 115 Å². The maximum atomic E-state index is 13.7. The van der Waals surface area contributed by atoms with Crippen LogP contribution in [0.5, 0.6) is 0 Å². The van der Waals surface area contributed by atoms with Crippen LogP contribution in [-0.2, 0) is 30.2 Å². The van der Waals surface area contributed by atoms with Crippen molar-refractivity contribution in [2.24, 2.45) is 20.0 Å². The average molecular weight is 920 g/mol. The van der Waals surface area contributed by atoms with Crippen molar-refractivity contribution in [1.82, 2.24) is 48.6 Å². The fraction of sp³-hybridized carbons (Fsp3) is 0.472. The summed E-state index contributed by atoms with van der Waals surface area (Å²) in [6.45, 7) is 13.0. The second kappa shape index (κ2) is 19.1. The number of pyridine rings is 2. The Morgan fingerprint density at radius 2 is 1.62 bits per heavy atom. The minimum Gasteiger partial charge on any atom is -0.373 e. The first-order valence-corrected chi connectivity index (χ1v) is 24.7. The van der Waals surface area contributed by atoms with E-state index < -0.39 is 11.9 Å². The number of piperazine rings is 1. The molecule has 0 spiro atoms. The molecular formula is C53H65N11O4. The molecule has 8 heterocycles. The van der Waals surface area contributed by atoms with Gasteiger partial charge in [0.25, 0.3) is 5.91 Å². The van der Waals surface area contributed by atoms with Gasteiger partial charge in [0.2, 0.25) is 11.8 Å². The van der Waals surface area contributed by atoms with Gasteiger partial charge in [-0.2, -0.15) is 0 Å². The molecule has 3 atom stereocenters. The Morgan fingerprint density at radius 3 is 2.32 bits per heavy atom. The molecule has 0 saturated carbocycles. The number of carbonyl (C=O) groups is 3. The van der Waals surface area contributed by atoms with Crippen LogP contribution >= 0.6 is 0 Å². The summed E-state index contributed by atoms with van der Waals surface area (Å²) in [5, 5.41) is 6.64. The standard InChI is InChI=1S/C53H65N11O4/c1-34-31-60(32-37-6-12-44-47(28-37)59(5)53(68)64(44)45-13-15-49(65)57-51(45)66)26-27-63(34)33-36-17-22-62(23-18-36)52(67)40-9-7-38(8-10-40)39-19-24-61(25-20-39)35(2)46-29-43-42(16-21-55-50(43)58(46)4)41-11-14-48(54-3)56-30-41/h6-12,14,16,21,28-30,34-36,39,45H,13,15,17-20,22-27,31-33H2,1-5H3,(H,54,56)(H,57,65,66)/t34-,35-,45?/m0/s1. The number of aromatic nitrogens is 5. The maximum absolute atomic E-state index is 13.7. The number of imidazole rings is 1. The Labute approximate surface area is 398 Å². The quantitative estimate of drug-likeness (QED) is 0.142. The van der Waals surface area contributed by atoms with Gasteiger partial charge in [0.05, 0.1) is 11.0 Å². The van der Waals surface area contributed by atoms with Gasteiger partial charge in [-0.25, -0.2) is 14.8 Å². The third kappa shape index (κ3) is 8.87. The molecule has 0 radical (unpaired) electrons. The van der Waals surface area contributed by atoms with Crippen molar-refractivity contribution in [3.63, 3.8) is 0 Å². The Kier molecular flexibility index (Phi) is 12.8. The van der Waals surface area contributed by atoms with Gasteiger partial charge >= 0.3 is 5.69 Å². The molecule has 4 fully saturated rings. The number of piperidine rings is 3. The molecule has 4 aliphatic rings. The number of imide groups is 1. The van der Waals surface area contributed by atoms with Gasteiger partial charge in [-0.05, 0) is 136 Å². The number of fused-ring (bicyclic) bond motifs is 2. The van der Waals surface area contributed by atoms with Crippen LogP contribution in [0.1, 0.15) is 97.6 Å². The van der Waals surface area contributed by atoms with Crippen molar-refractivity contribution < 1.29 is 14.4 Å². The zero-order chi connectivity index (χ0) is 47.2. The first kappa shape index (κ1) is 45.6. The van der Waals surface area contributed by atoms with Gasteiger partial charge in [0.15, 0.2) is 0 Å². The molecule has 6 aromatic rings. The van der Waals surface area contributed by atoms with Gasteiger partial charge < -0.3 is 14.8 Å². The minimum absolute atomic E-state index is 0.144. The number of aryl methyl sites for hydroxylation is 2. The van der Waals surface area contributed by atoms with Crippen LogP contribution < -0.4 is 16.3 Å². The molecule has 4 aromatic heterocycles. The maximum Gasteiger partial charge on any atom is 0.329 e. The molecule has 10 rings (SSSR count). The fourth-order valence-corrected chi connectivity index (χ4v) is 11.6. The highest BCUT2D eigenvalue weighted by Crippen LogP contribution is 2.36. The number of anilines is 1. The SMILES string of the molecule is CNc1ccc(-c2ccnc3c2cc([C@H](C)N2CCC(c4ccc(C(=O)N5CCC(CN6CCN(Cc7ccc8c(c7)n(C)c(=O)n8C7CCC(=O)NC7=O)C[C@@H]6C)CC5)cc4)CC2)n3C)cn1. The largest absolute Gasteiger partial charge is 0.373 e. The molecular weight excluding hydrogens is 855 g/mol. The molecule has 15 nitrogen and oxygen atoms in total. The summed E-state index contributed by atoms with van der Waals surface area (Å²) >= 11 is 0. The van der Waals surface area contributed by atoms with Crippen molar-refractivity contribution in [2.75, 3.05) is 64.7 Å². The highest BCUT2D eigenvalue weighted by atomic mass is 16.2. The lowest BCUT2D eigenvalue weighted by Gasteiger charge is -2.42. The molecule has 356 valence electrons. The Bertz CT molecular complexity index is 2890. The average Bonchev–Trinajstić information content (AvgIpc) is 3.83. The van der Waals surface area contributed by atoms with Crippen molar-refractivity contribution in [3.05, 3.63) is 112 Å². The molecule has 0 aliphatic carbocycles. The minimum atomic E-state index is -0.686. The first-order chi connectivity index (χ1) is 32.9. The molecule has 15 heteroatoms. The Morgan fingerprint density at radius 1 is 0.838 bits per heavy atom. The summed E-state index contributed by atoms with van der Waals surface area (Å²) in [7, 11) is 5.75. The van der Waals surface area contributed by atoms with E-state index in [1.165, 1.54) is 15.8 Å². The normalized spacial score (nSPS) is 21.2. The topological polar surface area (TPSA) is 146 Å². The third-order valence-corrected chi connectivity index (χ3v) is 15.8. The van der Waals surface area contributed by atoms with E-state index in [4.69, 9.17) is 4.98 Å². The summed E-state index contributed by atoms with van der Waals surface area (Å²) in [5.41, 5.74) is 8.98. The second-order valence-corrected chi connectivity index (χ2v) is 19.8. The van der Waals surface area contributed by atoms with Crippen LogP contribution in [0.15, 0.2) is 83.9 Å². The number of likely N-dealkylation sites (tertiary alicyclic amines) is 2. The van der Waals surface area contributed by atoms with Gasteiger partial charge in [0, 0.05) is 120 Å². The molecule has 68 heavy (non-hydrogen) atoms. The van der Waals surface area contributed by atoms with Crippen molar-refractivity contribution >= 4 is 45.6 Å². The molecule has 2 aromatic carbocycles. The number of carbonyl (C=O) groups excluding carboxylic acids is 3. The lowest BCUT2D eigenvalue weighted by Crippen LogP contribution is -2.53. The highest BCUT2D eigenvalue weighted by Gasteiger charge is 2.33. The zero-order valence-electron chi connectivity index (χ0n) is 40.2. The van der Waals surface area contributed by atoms with E-state index >= 15 is 0 Å². The summed E-state index contributed by atoms with van der Waals surface area (Å²) in [6.07, 6.45) is 8.57. The molecule has 0 bridgehead atoms. The van der Waals surface area contributed by atoms with Crippen LogP contribution in [-0.4, -0.2) is 126 Å². The summed E-state index contributed by atoms with van der Waals surface area (Å²) < 4.78 is 5.40. The van der Waals surface area contributed by atoms with E-state index in [0.717, 1.165) is 129 Å². The summed E-state index contributed by atoms with van der Waals surface area (Å²) in [5.74, 6) is 1.32. The van der Waals surface area contributed by atoms with Crippen molar-refractivity contribution in [2.45, 2.75) is 83.0 Å². The predicted octanol–water partition coefficient (Wildman–Crippen LogP) is 6.31. The van der Waals surface area contributed by atoms with Crippen molar-refractivity contribution in [3.8, 4) is 11.1 Å². The van der Waals surface area contributed by atoms with E-state index in [-0.39, 0.29) is 30.0 Å². The summed E-state index contributed by atoms with van der Waals surface area (Å²) in [6, 6.07) is 23.1. The van der Waals surface area contributed by atoms with Gasteiger partial charge in [-0.15, -0.1) is 0 Å². The fourth-order valence-electron chi connectivity index (χ4n) is 11.6. The molecule has 1 unspecified atom stereocenters. The Balaban J connectivity index is 0.679. The van der Waals surface area contributed by atoms with Crippen LogP contribution in [0.2, 0.25) is 0 Å². The van der Waals surface area contributed by atoms with Crippen LogP contribution in [0.25, 0.3) is 33.2 Å². The lowest BCUT2D eigenvalue weighted by atomic mass is 9.88. The van der Waals surface area contributed by atoms with Crippen molar-refractivity contribution in [1.29, 1.82) is 0 Å². The van der Waals surface area contributed by atoms with Crippen LogP contribution in [0.3, 0.4) is 0 Å². The second-order valence-electron chi connectivity index (χ2n) is 19.8. The smallest absolute Gasteiger partial charge is 0.329 e. The van der Waals surface area contributed by atoms with Gasteiger partial charge in [0.1, 0.15) is 17.5 Å². The number of hydrogen-bond donors (Lipinski definition) is 2. The van der Waals surface area contributed by atoms with Gasteiger partial charge in [-0.1, -0.05) is 18.2 Å². The van der Waals surface area contributed by atoms with E-state index in [1.807, 2.05) is 31.6 Å². The van der Waals surface area contributed by atoms with Crippen LogP contribution in [0, 0.1) is 5.92 Å². The number of hydrogen-bond acceptors (Lipinski definition) is 10. The lowest BCUT2D eigenvalue weighted by molar-refractivity contribution is -0.135. The predicted molar refractivity (Wildman–Crippen MR) is 265 cm³/mol. The van der Waals surface area contributed by atoms with Crippen LogP contribution in [0.4, 0.5) is 5.82 Å². The number of benzene rings is 2. The first-order valence-electron chi connectivity index (χ1n) is 24.7. The molecule has 3 amide bonds. The molecule has 4 aliphatic heterocycles. The molecule has 4 saturated heterocycles. The highest BCUT2D eigenvalue weighted by molar-refractivity contribution is 6.00. The molecule has 2 N–H and O–H groups in total. The van der Waals surface area contributed by atoms with E-state index in [9.17, 15) is 19.2 Å². The number of rotatable bonds is 11. The zero-order valence-corrected chi connectivity index (χ0v) is 40.2. The van der Waals surface area contributed by atoms with E-state index in [0.29, 0.717) is 29.8 Å². The number of amides is 3.